The fourth-order valence-electron chi connectivity index (χ4n) is 2.46. The third-order valence-corrected chi connectivity index (χ3v) is 4.96. The summed E-state index contributed by atoms with van der Waals surface area (Å²) in [6.07, 6.45) is 2.40. The van der Waals surface area contributed by atoms with E-state index in [1.807, 2.05) is 12.1 Å². The van der Waals surface area contributed by atoms with E-state index in [2.05, 4.69) is 24.2 Å². The van der Waals surface area contributed by atoms with Gasteiger partial charge in [-0.25, -0.2) is 8.42 Å². The quantitative estimate of drug-likeness (QED) is 0.903. The summed E-state index contributed by atoms with van der Waals surface area (Å²) in [5.74, 6) is 0. The zero-order valence-electron chi connectivity index (χ0n) is 11.8. The average Bonchev–Trinajstić information content (AvgIpc) is 2.66. The molecule has 1 aliphatic heterocycles. The molecule has 0 saturated carbocycles. The molecule has 1 fully saturated rings. The lowest BCUT2D eigenvalue weighted by molar-refractivity contribution is 0.326. The molecule has 2 rings (SSSR count). The molecular formula is C14H22N2O2S. The van der Waals surface area contributed by atoms with Gasteiger partial charge in [-0.05, 0) is 38.1 Å². The highest BCUT2D eigenvalue weighted by Crippen LogP contribution is 2.16. The number of benzene rings is 1. The fraction of sp³-hybridized carbons (Fsp3) is 0.571. The lowest BCUT2D eigenvalue weighted by atomic mass is 10.1. The molecule has 19 heavy (non-hydrogen) atoms. The van der Waals surface area contributed by atoms with E-state index in [0.29, 0.717) is 17.0 Å². The first-order valence-corrected chi connectivity index (χ1v) is 8.48. The fourth-order valence-corrected chi connectivity index (χ4v) is 3.09. The minimum absolute atomic E-state index is 0.380. The van der Waals surface area contributed by atoms with Crippen LogP contribution in [0.4, 0.5) is 0 Å². The molecule has 1 aliphatic rings. The second-order valence-electron chi connectivity index (χ2n) is 5.52. The molecule has 1 saturated heterocycles. The topological polar surface area (TPSA) is 49.4 Å². The first-order chi connectivity index (χ1) is 8.86. The van der Waals surface area contributed by atoms with Crippen LogP contribution in [0, 0.1) is 0 Å². The molecule has 0 spiro atoms. The van der Waals surface area contributed by atoms with Gasteiger partial charge in [-0.3, -0.25) is 0 Å². The summed E-state index contributed by atoms with van der Waals surface area (Å²) in [4.78, 5) is 2.73. The molecule has 1 aromatic carbocycles. The zero-order valence-corrected chi connectivity index (χ0v) is 12.6. The van der Waals surface area contributed by atoms with Crippen molar-refractivity contribution in [2.75, 3.05) is 19.8 Å². The number of hydrogen-bond donors (Lipinski definition) is 1. The summed E-state index contributed by atoms with van der Waals surface area (Å²) in [5, 5.41) is 3.53. The van der Waals surface area contributed by atoms with E-state index in [0.717, 1.165) is 25.1 Å². The largest absolute Gasteiger partial charge is 0.309 e. The summed E-state index contributed by atoms with van der Waals surface area (Å²) in [5.41, 5.74) is 1.12. The van der Waals surface area contributed by atoms with Gasteiger partial charge in [0.15, 0.2) is 9.84 Å². The highest BCUT2D eigenvalue weighted by atomic mass is 32.2. The van der Waals surface area contributed by atoms with Gasteiger partial charge >= 0.3 is 0 Å². The van der Waals surface area contributed by atoms with Crippen LogP contribution < -0.4 is 5.32 Å². The third-order valence-electron chi connectivity index (χ3n) is 3.83. The van der Waals surface area contributed by atoms with Crippen LogP contribution in [0.15, 0.2) is 29.2 Å². The Balaban J connectivity index is 1.91. The van der Waals surface area contributed by atoms with Crippen LogP contribution >= 0.6 is 0 Å². The van der Waals surface area contributed by atoms with Crippen molar-refractivity contribution in [1.82, 2.24) is 10.2 Å². The summed E-state index contributed by atoms with van der Waals surface area (Å²) >= 11 is 0. The Morgan fingerprint density at radius 1 is 1.32 bits per heavy atom. The molecule has 106 valence electrons. The lowest BCUT2D eigenvalue weighted by Crippen LogP contribution is -2.31. The van der Waals surface area contributed by atoms with Gasteiger partial charge in [0.2, 0.25) is 0 Å². The summed E-state index contributed by atoms with van der Waals surface area (Å²) in [7, 11) is -0.946. The van der Waals surface area contributed by atoms with Crippen molar-refractivity contribution in [3.63, 3.8) is 0 Å². The second kappa shape index (κ2) is 5.61. The molecule has 2 atom stereocenters. The minimum Gasteiger partial charge on any atom is -0.309 e. The Morgan fingerprint density at radius 2 is 1.95 bits per heavy atom. The van der Waals surface area contributed by atoms with Crippen LogP contribution in [0.2, 0.25) is 0 Å². The normalized spacial score (nSPS) is 24.8. The van der Waals surface area contributed by atoms with Crippen molar-refractivity contribution >= 4 is 9.84 Å². The van der Waals surface area contributed by atoms with Crippen molar-refractivity contribution < 1.29 is 8.42 Å². The van der Waals surface area contributed by atoms with E-state index in [1.54, 1.807) is 12.1 Å². The summed E-state index contributed by atoms with van der Waals surface area (Å²) in [6.45, 7) is 4.10. The van der Waals surface area contributed by atoms with E-state index in [4.69, 9.17) is 0 Å². The zero-order chi connectivity index (χ0) is 14.0. The maximum absolute atomic E-state index is 11.4. The number of sulfone groups is 1. The Hall–Kier alpha value is -0.910. The Labute approximate surface area is 115 Å². The van der Waals surface area contributed by atoms with Gasteiger partial charge in [-0.15, -0.1) is 0 Å². The standard InChI is InChI=1S/C14H22N2O2S/c1-11-8-13(10-16(11)2)15-9-12-4-6-14(7-5-12)19(3,17)18/h4-7,11,13,15H,8-10H2,1-3H3. The van der Waals surface area contributed by atoms with Crippen LogP contribution in [0.5, 0.6) is 0 Å². The first-order valence-electron chi connectivity index (χ1n) is 6.59. The van der Waals surface area contributed by atoms with Crippen LogP contribution in [0.1, 0.15) is 18.9 Å². The van der Waals surface area contributed by atoms with Crippen LogP contribution in [0.3, 0.4) is 0 Å². The molecule has 1 aromatic rings. The predicted molar refractivity (Wildman–Crippen MR) is 76.9 cm³/mol. The van der Waals surface area contributed by atoms with Gasteiger partial charge < -0.3 is 10.2 Å². The number of rotatable bonds is 4. The van der Waals surface area contributed by atoms with Crippen LogP contribution in [-0.4, -0.2) is 45.2 Å². The Morgan fingerprint density at radius 3 is 2.42 bits per heavy atom. The molecule has 4 nitrogen and oxygen atoms in total. The van der Waals surface area contributed by atoms with Crippen molar-refractivity contribution in [3.05, 3.63) is 29.8 Å². The van der Waals surface area contributed by atoms with Crippen molar-refractivity contribution in [1.29, 1.82) is 0 Å². The minimum atomic E-state index is -3.09. The monoisotopic (exact) mass is 282 g/mol. The highest BCUT2D eigenvalue weighted by molar-refractivity contribution is 7.90. The number of nitrogens with one attached hydrogen (secondary N) is 1. The molecule has 0 bridgehead atoms. The molecule has 2 unspecified atom stereocenters. The number of likely N-dealkylation sites (tertiary alicyclic amines) is 1. The number of likely N-dealkylation sites (N-methyl/N-ethyl adjacent to an activating group) is 1. The molecule has 0 amide bonds. The van der Waals surface area contributed by atoms with E-state index in [9.17, 15) is 8.42 Å². The first kappa shape index (κ1) is 14.5. The number of hydrogen-bond acceptors (Lipinski definition) is 4. The van der Waals surface area contributed by atoms with E-state index >= 15 is 0 Å². The molecular weight excluding hydrogens is 260 g/mol. The van der Waals surface area contributed by atoms with Crippen molar-refractivity contribution in [3.8, 4) is 0 Å². The highest BCUT2D eigenvalue weighted by Gasteiger charge is 2.25. The second-order valence-corrected chi connectivity index (χ2v) is 7.53. The SMILES string of the molecule is CC1CC(NCc2ccc(S(C)(=O)=O)cc2)CN1C. The summed E-state index contributed by atoms with van der Waals surface area (Å²) < 4.78 is 22.7. The van der Waals surface area contributed by atoms with Crippen LogP contribution in [-0.2, 0) is 16.4 Å². The smallest absolute Gasteiger partial charge is 0.175 e. The van der Waals surface area contributed by atoms with Gasteiger partial charge in [0.1, 0.15) is 0 Å². The average molecular weight is 282 g/mol. The van der Waals surface area contributed by atoms with Gasteiger partial charge in [-0.2, -0.15) is 0 Å². The van der Waals surface area contributed by atoms with E-state index in [-0.39, 0.29) is 0 Å². The van der Waals surface area contributed by atoms with Gasteiger partial charge in [0.05, 0.1) is 4.90 Å². The molecule has 5 heteroatoms. The van der Waals surface area contributed by atoms with Gasteiger partial charge in [0.25, 0.3) is 0 Å². The van der Waals surface area contributed by atoms with Gasteiger partial charge in [0, 0.05) is 31.4 Å². The van der Waals surface area contributed by atoms with E-state index < -0.39 is 9.84 Å². The Bertz CT molecular complexity index is 515. The molecule has 0 radical (unpaired) electrons. The summed E-state index contributed by atoms with van der Waals surface area (Å²) in [6, 6.07) is 8.27. The molecule has 1 N–H and O–H groups in total. The maximum Gasteiger partial charge on any atom is 0.175 e. The maximum atomic E-state index is 11.4. The molecule has 0 aliphatic carbocycles. The molecule has 1 heterocycles. The predicted octanol–water partition coefficient (Wildman–Crippen LogP) is 1.27. The van der Waals surface area contributed by atoms with Crippen LogP contribution in [0.25, 0.3) is 0 Å². The van der Waals surface area contributed by atoms with Crippen molar-refractivity contribution in [2.45, 2.75) is 36.9 Å². The van der Waals surface area contributed by atoms with Gasteiger partial charge in [-0.1, -0.05) is 12.1 Å². The Kier molecular flexibility index (Phi) is 4.28. The van der Waals surface area contributed by atoms with Crippen molar-refractivity contribution in [2.24, 2.45) is 0 Å². The van der Waals surface area contributed by atoms with E-state index in [1.165, 1.54) is 6.26 Å². The number of nitrogens with zero attached hydrogens (tertiary/aromatic N) is 1. The third kappa shape index (κ3) is 3.78. The lowest BCUT2D eigenvalue weighted by Gasteiger charge is -2.13. The molecule has 0 aromatic heterocycles.